The Morgan fingerprint density at radius 2 is 1.69 bits per heavy atom. The van der Waals surface area contributed by atoms with Crippen LogP contribution in [0.2, 0.25) is 0 Å². The molecule has 2 heterocycles. The van der Waals surface area contributed by atoms with Crippen molar-refractivity contribution in [2.45, 2.75) is 38.5 Å². The lowest BCUT2D eigenvalue weighted by molar-refractivity contribution is -0.143. The Kier molecular flexibility index (Phi) is 7.52. The van der Waals surface area contributed by atoms with E-state index < -0.39 is 5.41 Å². The Hall–Kier alpha value is -3.55. The Morgan fingerprint density at radius 3 is 2.31 bits per heavy atom. The van der Waals surface area contributed by atoms with Crippen LogP contribution in [0.3, 0.4) is 0 Å². The first kappa shape index (κ1) is 25.5. The summed E-state index contributed by atoms with van der Waals surface area (Å²) in [6.07, 6.45) is 0.650. The number of methoxy groups -OCH3 is 1. The molecule has 1 atom stereocenters. The zero-order chi connectivity index (χ0) is 25.9. The van der Waals surface area contributed by atoms with E-state index in [0.717, 1.165) is 12.1 Å². The molecular formula is C28H35N3O5. The molecule has 2 aliphatic rings. The molecule has 4 rings (SSSR count). The number of carbonyl (C=O) groups is 3. The lowest BCUT2D eigenvalue weighted by atomic mass is 9.75. The van der Waals surface area contributed by atoms with Crippen molar-refractivity contribution in [2.24, 2.45) is 5.92 Å². The fourth-order valence-corrected chi connectivity index (χ4v) is 5.09. The van der Waals surface area contributed by atoms with E-state index in [-0.39, 0.29) is 36.3 Å². The van der Waals surface area contributed by atoms with Crippen LogP contribution in [-0.2, 0) is 19.8 Å². The molecule has 2 aromatic rings. The van der Waals surface area contributed by atoms with Crippen LogP contribution < -0.4 is 9.64 Å². The predicted molar refractivity (Wildman–Crippen MR) is 137 cm³/mol. The van der Waals surface area contributed by atoms with E-state index in [9.17, 15) is 19.5 Å². The highest BCUT2D eigenvalue weighted by Gasteiger charge is 2.54. The van der Waals surface area contributed by atoms with Crippen molar-refractivity contribution < 1.29 is 24.2 Å². The molecule has 8 heteroatoms. The lowest BCUT2D eigenvalue weighted by Crippen LogP contribution is -2.51. The molecule has 8 nitrogen and oxygen atoms in total. The standard InChI is InChI=1S/C28H35N3O5/c1-20(2)12-13-31-26(34)19-28(27(31)35,21-8-10-22(36-3)11-9-21)18-25(33)30-16-14-29(15-17-30)23-6-4-5-7-24(23)32/h4-11,20,32H,12-19H2,1-3H3/t28-/m1/s1. The predicted octanol–water partition coefficient (Wildman–Crippen LogP) is 3.18. The Morgan fingerprint density at radius 1 is 1.03 bits per heavy atom. The fourth-order valence-electron chi connectivity index (χ4n) is 5.09. The number of carbonyl (C=O) groups excluding carboxylic acids is 3. The number of ether oxygens (including phenoxy) is 1. The smallest absolute Gasteiger partial charge is 0.240 e. The molecule has 2 aromatic carbocycles. The maximum absolute atomic E-state index is 13.8. The van der Waals surface area contributed by atoms with E-state index in [2.05, 4.69) is 18.7 Å². The second kappa shape index (κ2) is 10.6. The molecular weight excluding hydrogens is 458 g/mol. The largest absolute Gasteiger partial charge is 0.506 e. The van der Waals surface area contributed by atoms with E-state index in [0.29, 0.717) is 50.0 Å². The molecule has 36 heavy (non-hydrogen) atoms. The van der Waals surface area contributed by atoms with Crippen molar-refractivity contribution in [1.29, 1.82) is 0 Å². The van der Waals surface area contributed by atoms with E-state index in [1.807, 2.05) is 12.1 Å². The molecule has 0 spiro atoms. The van der Waals surface area contributed by atoms with Crippen molar-refractivity contribution in [2.75, 3.05) is 44.7 Å². The summed E-state index contributed by atoms with van der Waals surface area (Å²) in [4.78, 5) is 45.5. The van der Waals surface area contributed by atoms with Crippen LogP contribution in [0, 0.1) is 5.92 Å². The molecule has 0 bridgehead atoms. The number of imide groups is 1. The summed E-state index contributed by atoms with van der Waals surface area (Å²) in [6, 6.07) is 14.3. The van der Waals surface area contributed by atoms with Crippen LogP contribution in [0.5, 0.6) is 11.5 Å². The van der Waals surface area contributed by atoms with E-state index in [1.165, 1.54) is 4.90 Å². The zero-order valence-electron chi connectivity index (χ0n) is 21.3. The third-order valence-electron chi connectivity index (χ3n) is 7.29. The number of phenolic OH excluding ortho intramolecular Hbond substituents is 1. The molecule has 2 aliphatic heterocycles. The minimum Gasteiger partial charge on any atom is -0.506 e. The minimum atomic E-state index is -1.22. The molecule has 2 saturated heterocycles. The Balaban J connectivity index is 1.54. The van der Waals surface area contributed by atoms with E-state index >= 15 is 0 Å². The van der Waals surface area contributed by atoms with E-state index in [4.69, 9.17) is 4.74 Å². The summed E-state index contributed by atoms with van der Waals surface area (Å²) >= 11 is 0. The second-order valence-corrected chi connectivity index (χ2v) is 10.1. The molecule has 2 fully saturated rings. The summed E-state index contributed by atoms with van der Waals surface area (Å²) in [6.45, 7) is 6.58. The van der Waals surface area contributed by atoms with Gasteiger partial charge in [-0.05, 0) is 42.2 Å². The van der Waals surface area contributed by atoms with Gasteiger partial charge in [-0.3, -0.25) is 19.3 Å². The monoisotopic (exact) mass is 493 g/mol. The third kappa shape index (κ3) is 5.03. The highest BCUT2D eigenvalue weighted by atomic mass is 16.5. The Labute approximate surface area is 212 Å². The third-order valence-corrected chi connectivity index (χ3v) is 7.29. The van der Waals surface area contributed by atoms with Gasteiger partial charge >= 0.3 is 0 Å². The van der Waals surface area contributed by atoms with Crippen LogP contribution in [0.25, 0.3) is 0 Å². The lowest BCUT2D eigenvalue weighted by Gasteiger charge is -2.38. The topological polar surface area (TPSA) is 90.4 Å². The van der Waals surface area contributed by atoms with Gasteiger partial charge < -0.3 is 19.6 Å². The van der Waals surface area contributed by atoms with Crippen molar-refractivity contribution >= 4 is 23.4 Å². The van der Waals surface area contributed by atoms with Crippen LogP contribution in [-0.4, -0.2) is 72.5 Å². The van der Waals surface area contributed by atoms with Gasteiger partial charge in [0.2, 0.25) is 17.7 Å². The average molecular weight is 494 g/mol. The summed E-state index contributed by atoms with van der Waals surface area (Å²) in [5.41, 5.74) is 0.193. The van der Waals surface area contributed by atoms with Gasteiger partial charge in [0.15, 0.2) is 0 Å². The van der Waals surface area contributed by atoms with Gasteiger partial charge in [0.1, 0.15) is 11.5 Å². The van der Waals surface area contributed by atoms with Gasteiger partial charge in [0.05, 0.1) is 18.2 Å². The number of anilines is 1. The van der Waals surface area contributed by atoms with Crippen molar-refractivity contribution in [1.82, 2.24) is 9.80 Å². The van der Waals surface area contributed by atoms with Crippen molar-refractivity contribution in [3.8, 4) is 11.5 Å². The molecule has 0 aliphatic carbocycles. The molecule has 0 aromatic heterocycles. The number of rotatable bonds is 8. The number of hydrogen-bond acceptors (Lipinski definition) is 6. The number of benzene rings is 2. The molecule has 1 N–H and O–H groups in total. The number of piperazine rings is 1. The van der Waals surface area contributed by atoms with Crippen molar-refractivity contribution in [3.63, 3.8) is 0 Å². The number of amides is 3. The molecule has 192 valence electrons. The van der Waals surface area contributed by atoms with Gasteiger partial charge in [-0.25, -0.2) is 0 Å². The number of hydrogen-bond donors (Lipinski definition) is 1. The number of nitrogens with zero attached hydrogens (tertiary/aromatic N) is 3. The van der Waals surface area contributed by atoms with Crippen molar-refractivity contribution in [3.05, 3.63) is 54.1 Å². The highest BCUT2D eigenvalue weighted by molar-refractivity contribution is 6.10. The summed E-state index contributed by atoms with van der Waals surface area (Å²) < 4.78 is 5.27. The average Bonchev–Trinajstić information content (AvgIpc) is 3.12. The second-order valence-electron chi connectivity index (χ2n) is 10.1. The maximum Gasteiger partial charge on any atom is 0.240 e. The van der Waals surface area contributed by atoms with E-state index in [1.54, 1.807) is 48.4 Å². The van der Waals surface area contributed by atoms with Crippen LogP contribution in [0.15, 0.2) is 48.5 Å². The first-order valence-electron chi connectivity index (χ1n) is 12.5. The van der Waals surface area contributed by atoms with Crippen LogP contribution >= 0.6 is 0 Å². The Bertz CT molecular complexity index is 1110. The first-order valence-corrected chi connectivity index (χ1v) is 12.5. The normalized spacial score (nSPS) is 20.4. The fraction of sp³-hybridized carbons (Fsp3) is 0.464. The zero-order valence-corrected chi connectivity index (χ0v) is 21.3. The molecule has 3 amide bonds. The molecule has 0 saturated carbocycles. The van der Waals surface area contributed by atoms with Crippen LogP contribution in [0.4, 0.5) is 5.69 Å². The molecule has 0 unspecified atom stereocenters. The molecule has 0 radical (unpaired) electrons. The summed E-state index contributed by atoms with van der Waals surface area (Å²) in [7, 11) is 1.57. The van der Waals surface area contributed by atoms with Gasteiger partial charge in [-0.1, -0.05) is 38.1 Å². The maximum atomic E-state index is 13.8. The number of likely N-dealkylation sites (tertiary alicyclic amines) is 1. The number of aromatic hydroxyl groups is 1. The number of phenols is 1. The highest BCUT2D eigenvalue weighted by Crippen LogP contribution is 2.41. The SMILES string of the molecule is COc1ccc([C@@]2(CC(=O)N3CCN(c4ccccc4O)CC3)CC(=O)N(CCC(C)C)C2=O)cc1. The van der Waals surface area contributed by atoms with Gasteiger partial charge in [-0.15, -0.1) is 0 Å². The van der Waals surface area contributed by atoms with Gasteiger partial charge in [0.25, 0.3) is 0 Å². The first-order chi connectivity index (χ1) is 17.2. The number of para-hydroxylation sites is 2. The summed E-state index contributed by atoms with van der Waals surface area (Å²) in [5.74, 6) is 0.549. The minimum absolute atomic E-state index is 0.0140. The van der Waals surface area contributed by atoms with Crippen LogP contribution in [0.1, 0.15) is 38.7 Å². The van der Waals surface area contributed by atoms with Gasteiger partial charge in [-0.2, -0.15) is 0 Å². The quantitative estimate of drug-likeness (QED) is 0.568. The van der Waals surface area contributed by atoms with Gasteiger partial charge in [0, 0.05) is 45.6 Å². The summed E-state index contributed by atoms with van der Waals surface area (Å²) in [5, 5.41) is 10.2.